The normalized spacial score (nSPS) is 20.4. The summed E-state index contributed by atoms with van der Waals surface area (Å²) in [5.74, 6) is 0. The highest BCUT2D eigenvalue weighted by atomic mass is 35.5. The molecular formula is C9H15ClN4. The summed E-state index contributed by atoms with van der Waals surface area (Å²) >= 11 is 0. The molecule has 0 aliphatic carbocycles. The van der Waals surface area contributed by atoms with E-state index in [-0.39, 0.29) is 12.4 Å². The first kappa shape index (κ1) is 11.4. The third-order valence-corrected chi connectivity index (χ3v) is 2.25. The maximum absolute atomic E-state index is 4.19. The summed E-state index contributed by atoms with van der Waals surface area (Å²) in [6.07, 6.45) is 6.43. The molecule has 2 N–H and O–H groups in total. The van der Waals surface area contributed by atoms with Gasteiger partial charge in [-0.05, 0) is 13.0 Å². The maximum atomic E-state index is 4.19. The van der Waals surface area contributed by atoms with Gasteiger partial charge >= 0.3 is 0 Å². The topological polar surface area (TPSA) is 49.8 Å². The quantitative estimate of drug-likeness (QED) is 0.763. The summed E-state index contributed by atoms with van der Waals surface area (Å²) in [4.78, 5) is 8.21. The van der Waals surface area contributed by atoms with Crippen molar-refractivity contribution in [2.75, 3.05) is 13.1 Å². The van der Waals surface area contributed by atoms with Crippen molar-refractivity contribution < 1.29 is 0 Å². The Morgan fingerprint density at radius 2 is 2.43 bits per heavy atom. The van der Waals surface area contributed by atoms with Crippen molar-refractivity contribution in [3.63, 3.8) is 0 Å². The van der Waals surface area contributed by atoms with Gasteiger partial charge in [0.1, 0.15) is 0 Å². The van der Waals surface area contributed by atoms with Crippen LogP contribution in [0.4, 0.5) is 0 Å². The predicted molar refractivity (Wildman–Crippen MR) is 57.4 cm³/mol. The number of halogens is 1. The van der Waals surface area contributed by atoms with Crippen LogP contribution in [0, 0.1) is 0 Å². The molecule has 0 bridgehead atoms. The second kappa shape index (κ2) is 5.90. The lowest BCUT2D eigenvalue weighted by Crippen LogP contribution is -2.30. The van der Waals surface area contributed by atoms with Gasteiger partial charge in [0.25, 0.3) is 0 Å². The molecule has 0 spiro atoms. The first-order valence-electron chi connectivity index (χ1n) is 4.64. The highest BCUT2D eigenvalue weighted by Crippen LogP contribution is 1.98. The molecule has 0 amide bonds. The Morgan fingerprint density at radius 1 is 1.50 bits per heavy atom. The first-order valence-corrected chi connectivity index (χ1v) is 4.64. The van der Waals surface area contributed by atoms with Crippen molar-refractivity contribution in [2.24, 2.45) is 0 Å². The van der Waals surface area contributed by atoms with Gasteiger partial charge < -0.3 is 10.6 Å². The molecular weight excluding hydrogens is 200 g/mol. The van der Waals surface area contributed by atoms with E-state index in [2.05, 4.69) is 20.6 Å². The minimum absolute atomic E-state index is 0. The predicted octanol–water partition coefficient (Wildman–Crippen LogP) is 0.350. The van der Waals surface area contributed by atoms with E-state index in [1.165, 1.54) is 6.42 Å². The molecule has 1 aromatic heterocycles. The fourth-order valence-corrected chi connectivity index (χ4v) is 1.50. The Morgan fingerprint density at radius 3 is 3.07 bits per heavy atom. The molecule has 0 unspecified atom stereocenters. The van der Waals surface area contributed by atoms with Crippen LogP contribution in [0.3, 0.4) is 0 Å². The smallest absolute Gasteiger partial charge is 0.0724 e. The van der Waals surface area contributed by atoms with E-state index in [9.17, 15) is 0 Å². The van der Waals surface area contributed by atoms with Crippen molar-refractivity contribution in [3.05, 3.63) is 24.3 Å². The standard InChI is InChI=1S/C9H14N4.ClH/c1-2-10-5-8(1)13-7-9-6-11-3-4-12-9;/h3-4,6,8,10,13H,1-2,5,7H2;1H/t8-;/m0./s1. The zero-order chi connectivity index (χ0) is 8.93. The average molecular weight is 215 g/mol. The van der Waals surface area contributed by atoms with Gasteiger partial charge in [-0.25, -0.2) is 0 Å². The number of nitrogens with one attached hydrogen (secondary N) is 2. The number of hydrogen-bond acceptors (Lipinski definition) is 4. The summed E-state index contributed by atoms with van der Waals surface area (Å²) < 4.78 is 0. The van der Waals surface area contributed by atoms with Crippen LogP contribution in [-0.2, 0) is 6.54 Å². The van der Waals surface area contributed by atoms with Crippen molar-refractivity contribution >= 4 is 12.4 Å². The van der Waals surface area contributed by atoms with Gasteiger partial charge in [-0.3, -0.25) is 9.97 Å². The van der Waals surface area contributed by atoms with Crippen LogP contribution in [0.2, 0.25) is 0 Å². The van der Waals surface area contributed by atoms with E-state index in [0.717, 1.165) is 25.3 Å². The monoisotopic (exact) mass is 214 g/mol. The Bertz CT molecular complexity index is 248. The third-order valence-electron chi connectivity index (χ3n) is 2.25. The van der Waals surface area contributed by atoms with Crippen LogP contribution in [0.25, 0.3) is 0 Å². The number of nitrogens with zero attached hydrogens (tertiary/aromatic N) is 2. The summed E-state index contributed by atoms with van der Waals surface area (Å²) in [6, 6.07) is 0.599. The molecule has 2 rings (SSSR count). The largest absolute Gasteiger partial charge is 0.315 e. The molecule has 1 aromatic rings. The van der Waals surface area contributed by atoms with E-state index >= 15 is 0 Å². The fourth-order valence-electron chi connectivity index (χ4n) is 1.50. The molecule has 4 nitrogen and oxygen atoms in total. The second-order valence-electron chi connectivity index (χ2n) is 3.27. The van der Waals surface area contributed by atoms with Gasteiger partial charge in [0.05, 0.1) is 5.69 Å². The average Bonchev–Trinajstić information content (AvgIpc) is 2.69. The summed E-state index contributed by atoms with van der Waals surface area (Å²) in [5, 5.41) is 6.74. The van der Waals surface area contributed by atoms with Crippen molar-refractivity contribution in [3.8, 4) is 0 Å². The van der Waals surface area contributed by atoms with Gasteiger partial charge in [0.15, 0.2) is 0 Å². The molecule has 1 fully saturated rings. The minimum Gasteiger partial charge on any atom is -0.315 e. The van der Waals surface area contributed by atoms with E-state index in [4.69, 9.17) is 0 Å². The Kier molecular flexibility index (Phi) is 4.79. The summed E-state index contributed by atoms with van der Waals surface area (Å²) in [5.41, 5.74) is 1.01. The van der Waals surface area contributed by atoms with E-state index in [1.54, 1.807) is 18.6 Å². The van der Waals surface area contributed by atoms with Gasteiger partial charge in [0.2, 0.25) is 0 Å². The zero-order valence-electron chi connectivity index (χ0n) is 7.94. The van der Waals surface area contributed by atoms with Gasteiger partial charge in [0, 0.05) is 37.7 Å². The number of hydrogen-bond donors (Lipinski definition) is 2. The lowest BCUT2D eigenvalue weighted by Gasteiger charge is -2.09. The molecule has 5 heteroatoms. The molecule has 1 aliphatic rings. The van der Waals surface area contributed by atoms with Crippen LogP contribution < -0.4 is 10.6 Å². The lowest BCUT2D eigenvalue weighted by molar-refractivity contribution is 0.541. The molecule has 1 aliphatic heterocycles. The van der Waals surface area contributed by atoms with Crippen LogP contribution in [0.15, 0.2) is 18.6 Å². The Hall–Kier alpha value is -0.710. The van der Waals surface area contributed by atoms with Crippen LogP contribution in [0.1, 0.15) is 12.1 Å². The van der Waals surface area contributed by atoms with Crippen molar-refractivity contribution in [2.45, 2.75) is 19.0 Å². The molecule has 14 heavy (non-hydrogen) atoms. The molecule has 1 saturated heterocycles. The SMILES string of the molecule is Cl.c1cnc(CN[C@H]2CCNC2)cn1. The highest BCUT2D eigenvalue weighted by molar-refractivity contribution is 5.85. The van der Waals surface area contributed by atoms with Crippen LogP contribution >= 0.6 is 12.4 Å². The summed E-state index contributed by atoms with van der Waals surface area (Å²) in [7, 11) is 0. The molecule has 2 heterocycles. The van der Waals surface area contributed by atoms with Gasteiger partial charge in [-0.2, -0.15) is 0 Å². The van der Waals surface area contributed by atoms with E-state index in [0.29, 0.717) is 6.04 Å². The van der Waals surface area contributed by atoms with Gasteiger partial charge in [-0.1, -0.05) is 0 Å². The molecule has 0 radical (unpaired) electrons. The van der Waals surface area contributed by atoms with Crippen LogP contribution in [-0.4, -0.2) is 29.1 Å². The Labute approximate surface area is 89.9 Å². The van der Waals surface area contributed by atoms with Crippen molar-refractivity contribution in [1.29, 1.82) is 0 Å². The maximum Gasteiger partial charge on any atom is 0.0724 e. The van der Waals surface area contributed by atoms with E-state index in [1.807, 2.05) is 0 Å². The van der Waals surface area contributed by atoms with Crippen LogP contribution in [0.5, 0.6) is 0 Å². The first-order chi connectivity index (χ1) is 6.45. The zero-order valence-corrected chi connectivity index (χ0v) is 8.76. The molecule has 78 valence electrons. The number of rotatable bonds is 3. The summed E-state index contributed by atoms with van der Waals surface area (Å²) in [6.45, 7) is 3.01. The molecule has 0 aromatic carbocycles. The third kappa shape index (κ3) is 3.21. The Balaban J connectivity index is 0.000000980. The molecule has 1 atom stereocenters. The lowest BCUT2D eigenvalue weighted by atomic mass is 10.2. The minimum atomic E-state index is 0. The second-order valence-corrected chi connectivity index (χ2v) is 3.27. The van der Waals surface area contributed by atoms with Gasteiger partial charge in [-0.15, -0.1) is 12.4 Å². The van der Waals surface area contributed by atoms with E-state index < -0.39 is 0 Å². The number of aromatic nitrogens is 2. The highest BCUT2D eigenvalue weighted by Gasteiger charge is 2.12. The van der Waals surface area contributed by atoms with Crippen molar-refractivity contribution in [1.82, 2.24) is 20.6 Å². The molecule has 0 saturated carbocycles. The fraction of sp³-hybridized carbons (Fsp3) is 0.556.